The van der Waals surface area contributed by atoms with Crippen molar-refractivity contribution in [1.29, 1.82) is 0 Å². The molecule has 4 fully saturated rings. The number of aromatic nitrogens is 4. The van der Waals surface area contributed by atoms with E-state index in [0.717, 1.165) is 36.4 Å². The van der Waals surface area contributed by atoms with E-state index in [9.17, 15) is 19.2 Å². The molecule has 0 unspecified atom stereocenters. The zero-order valence-electron chi connectivity index (χ0n) is 39.2. The van der Waals surface area contributed by atoms with Gasteiger partial charge in [-0.25, -0.2) is 19.6 Å². The minimum atomic E-state index is -3.30. The van der Waals surface area contributed by atoms with Crippen molar-refractivity contribution in [3.63, 3.8) is 0 Å². The van der Waals surface area contributed by atoms with Crippen LogP contribution in [-0.2, 0) is 29.7 Å². The number of ether oxygens (including phenoxy) is 3. The lowest BCUT2D eigenvalue weighted by molar-refractivity contribution is -0.137. The number of nitrogens with one attached hydrogen (secondary N) is 4. The number of H-pyrrole nitrogens is 2. The lowest BCUT2D eigenvalue weighted by Gasteiger charge is -2.34. The first-order valence-electron chi connectivity index (χ1n) is 23.6. The summed E-state index contributed by atoms with van der Waals surface area (Å²) in [5.41, 5.74) is 4.61. The highest BCUT2D eigenvalue weighted by molar-refractivity contribution is 6.78. The predicted octanol–water partition coefficient (Wildman–Crippen LogP) is 8.46. The number of hydrogen-bond donors (Lipinski definition) is 4. The second-order valence-electron chi connectivity index (χ2n) is 20.6. The number of alkyl halides is 2. The van der Waals surface area contributed by atoms with Gasteiger partial charge in [0, 0.05) is 42.6 Å². The van der Waals surface area contributed by atoms with E-state index in [0.29, 0.717) is 83.9 Å². The molecule has 2 aromatic heterocycles. The number of halogens is 2. The molecule has 4 atom stereocenters. The molecule has 1 spiro atoms. The fourth-order valence-electron chi connectivity index (χ4n) is 11.1. The maximum Gasteiger partial charge on any atom is 0.407 e. The summed E-state index contributed by atoms with van der Waals surface area (Å²) in [6, 6.07) is 14.5. The smallest absolute Gasteiger partial charge is 0.407 e. The van der Waals surface area contributed by atoms with E-state index in [1.54, 1.807) is 24.4 Å². The van der Waals surface area contributed by atoms with Crippen LogP contribution in [-0.4, -0.2) is 114 Å². The number of methoxy groups -OCH3 is 2. The van der Waals surface area contributed by atoms with E-state index >= 15 is 8.78 Å². The number of benzene rings is 3. The van der Waals surface area contributed by atoms with Crippen LogP contribution in [0.2, 0.25) is 19.1 Å². The molecule has 4 N–H and O–H groups in total. The Bertz CT molecular complexity index is 2820. The molecule has 3 saturated heterocycles. The molecule has 3 aliphatic heterocycles. The van der Waals surface area contributed by atoms with Crippen LogP contribution >= 0.6 is 0 Å². The predicted molar refractivity (Wildman–Crippen MR) is 252 cm³/mol. The summed E-state index contributed by atoms with van der Waals surface area (Å²) < 4.78 is 48.8. The number of rotatable bonds is 10. The summed E-state index contributed by atoms with van der Waals surface area (Å²) in [7, 11) is 0.695. The molecule has 15 nitrogen and oxygen atoms in total. The summed E-state index contributed by atoms with van der Waals surface area (Å²) in [4.78, 5) is 73.3. The fraction of sp³-hybridized carbons (Fsp3) is 0.480. The SMILES string of the molecule is COC(=O)N[C@H](C(=O)N1C[Si](C)(C)C[C@H]1c1nc2ccc(-c3ccc4c(c3)C(F)(F)c3cc(-c5cnc([C@@H]6CC7(CC7)CN6C(=O)[C@@H](NC(=O)OC)C6CCOCC6)[nH]5)ccc3-4)cc2[nH]1)C(C)C. The average molecular weight is 949 g/mol. The molecule has 5 aromatic rings. The van der Waals surface area contributed by atoms with Gasteiger partial charge >= 0.3 is 12.2 Å². The standard InChI is InChI=1S/C50H58F2N8O7Si/c1-27(2)41(57-47(63)65-3)45(61)60-26-68(5,6)24-40(60)44-54-36-12-9-30(21-37(36)55-44)29-7-10-32-33-11-8-31(20-35(33)50(51,52)34(32)19-29)38-23-53-43(56-38)39-22-49(15-16-49)25-59(39)46(62)42(58-48(64)66-4)28-13-17-67-18-14-28/h7-12,19-21,23,27-28,39-42H,13-18,22,24-26H2,1-6H3,(H,53,56)(H,54,55)(H,57,63)(H,58,64)/t39-,40-,41-,42-/m0/s1. The van der Waals surface area contributed by atoms with E-state index in [2.05, 4.69) is 33.7 Å². The van der Waals surface area contributed by atoms with Crippen LogP contribution in [0, 0.1) is 17.3 Å². The molecule has 5 heterocycles. The van der Waals surface area contributed by atoms with Gasteiger partial charge in [-0.1, -0.05) is 57.3 Å². The normalized spacial score (nSPS) is 22.0. The third kappa shape index (κ3) is 8.22. The maximum absolute atomic E-state index is 16.7. The minimum Gasteiger partial charge on any atom is -0.453 e. The third-order valence-electron chi connectivity index (χ3n) is 15.0. The van der Waals surface area contributed by atoms with Crippen LogP contribution in [0.4, 0.5) is 18.4 Å². The summed E-state index contributed by atoms with van der Waals surface area (Å²) in [5.74, 6) is -2.71. The molecule has 358 valence electrons. The molecule has 0 radical (unpaired) electrons. The van der Waals surface area contributed by atoms with Gasteiger partial charge < -0.3 is 44.6 Å². The highest BCUT2D eigenvalue weighted by atomic mass is 28.3. The number of carbonyl (C=O) groups is 4. The fourth-order valence-corrected chi connectivity index (χ4v) is 14.0. The van der Waals surface area contributed by atoms with Crippen molar-refractivity contribution in [1.82, 2.24) is 40.4 Å². The molecule has 0 bridgehead atoms. The highest BCUT2D eigenvalue weighted by Crippen LogP contribution is 2.59. The van der Waals surface area contributed by atoms with Crippen LogP contribution < -0.4 is 10.6 Å². The Balaban J connectivity index is 0.890. The van der Waals surface area contributed by atoms with Crippen LogP contribution in [0.3, 0.4) is 0 Å². The Labute approximate surface area is 394 Å². The van der Waals surface area contributed by atoms with Gasteiger partial charge in [-0.05, 0) is 102 Å². The molecule has 10 rings (SSSR count). The molecule has 2 aliphatic carbocycles. The molecule has 1 saturated carbocycles. The van der Waals surface area contributed by atoms with Gasteiger partial charge in [-0.2, -0.15) is 8.78 Å². The summed E-state index contributed by atoms with van der Waals surface area (Å²) >= 11 is 0. The Kier molecular flexibility index (Phi) is 11.5. The summed E-state index contributed by atoms with van der Waals surface area (Å²) in [6.45, 7) is 9.80. The van der Waals surface area contributed by atoms with Crippen molar-refractivity contribution in [3.8, 4) is 33.5 Å². The van der Waals surface area contributed by atoms with Gasteiger partial charge in [0.2, 0.25) is 11.8 Å². The van der Waals surface area contributed by atoms with Crippen LogP contribution in [0.5, 0.6) is 0 Å². The second-order valence-corrected chi connectivity index (χ2v) is 25.6. The van der Waals surface area contributed by atoms with Crippen molar-refractivity contribution < 1.29 is 42.2 Å². The lowest BCUT2D eigenvalue weighted by atomic mass is 9.90. The summed E-state index contributed by atoms with van der Waals surface area (Å²) in [6.07, 6.45) is 4.91. The van der Waals surface area contributed by atoms with Gasteiger partial charge in [0.1, 0.15) is 23.7 Å². The number of alkyl carbamates (subject to hydrolysis) is 2. The van der Waals surface area contributed by atoms with Crippen molar-refractivity contribution in [2.75, 3.05) is 40.1 Å². The Morgan fingerprint density at radius 2 is 1.47 bits per heavy atom. The second kappa shape index (κ2) is 17.1. The van der Waals surface area contributed by atoms with Crippen LogP contribution in [0.15, 0.2) is 60.8 Å². The van der Waals surface area contributed by atoms with Crippen molar-refractivity contribution in [3.05, 3.63) is 83.6 Å². The molecular weight excluding hydrogens is 891 g/mol. The lowest BCUT2D eigenvalue weighted by Crippen LogP contribution is -2.53. The van der Waals surface area contributed by atoms with Gasteiger partial charge in [0.25, 0.3) is 5.92 Å². The zero-order valence-corrected chi connectivity index (χ0v) is 40.2. The number of aromatic amines is 2. The Hall–Kier alpha value is -6.14. The van der Waals surface area contributed by atoms with Gasteiger partial charge in [0.05, 0.1) is 57.3 Å². The largest absolute Gasteiger partial charge is 0.453 e. The molecule has 5 aliphatic rings. The van der Waals surface area contributed by atoms with Crippen molar-refractivity contribution in [2.45, 2.75) is 95.2 Å². The molecule has 68 heavy (non-hydrogen) atoms. The van der Waals surface area contributed by atoms with E-state index < -0.39 is 38.3 Å². The van der Waals surface area contributed by atoms with Crippen LogP contribution in [0.25, 0.3) is 44.5 Å². The monoisotopic (exact) mass is 948 g/mol. The molecule has 3 aromatic carbocycles. The zero-order chi connectivity index (χ0) is 47.9. The topological polar surface area (TPSA) is 184 Å². The highest BCUT2D eigenvalue weighted by Gasteiger charge is 2.56. The number of hydrogen-bond acceptors (Lipinski definition) is 9. The van der Waals surface area contributed by atoms with Crippen molar-refractivity contribution in [2.24, 2.45) is 17.3 Å². The van der Waals surface area contributed by atoms with E-state index in [1.807, 2.05) is 54.0 Å². The summed E-state index contributed by atoms with van der Waals surface area (Å²) in [5, 5.41) is 5.53. The molecule has 18 heteroatoms. The molecule has 4 amide bonds. The average Bonchev–Trinajstić information content (AvgIpc) is 3.79. The van der Waals surface area contributed by atoms with Gasteiger partial charge in [0.15, 0.2) is 0 Å². The number of imidazole rings is 2. The number of carbonyl (C=O) groups excluding carboxylic acids is 4. The third-order valence-corrected chi connectivity index (χ3v) is 17.7. The van der Waals surface area contributed by atoms with Crippen LogP contribution in [0.1, 0.15) is 80.8 Å². The Morgan fingerprint density at radius 1 is 0.824 bits per heavy atom. The molecular formula is C50H58F2N8O7Si. The first-order valence-corrected chi connectivity index (χ1v) is 27.0. The number of amides is 4. The van der Waals surface area contributed by atoms with E-state index in [1.165, 1.54) is 20.3 Å². The first-order chi connectivity index (χ1) is 32.5. The minimum absolute atomic E-state index is 0.00599. The van der Waals surface area contributed by atoms with Crippen molar-refractivity contribution >= 4 is 43.1 Å². The van der Waals surface area contributed by atoms with E-state index in [4.69, 9.17) is 24.2 Å². The van der Waals surface area contributed by atoms with Gasteiger partial charge in [-0.3, -0.25) is 9.59 Å². The first kappa shape index (κ1) is 45.6. The number of likely N-dealkylation sites (tertiary alicyclic amines) is 1. The quantitative estimate of drug-likeness (QED) is 0.0998. The van der Waals surface area contributed by atoms with E-state index in [-0.39, 0.29) is 52.3 Å². The van der Waals surface area contributed by atoms with Gasteiger partial charge in [-0.15, -0.1) is 0 Å². The Morgan fingerprint density at radius 3 is 2.15 bits per heavy atom. The maximum atomic E-state index is 16.7. The number of nitrogens with zero attached hydrogens (tertiary/aromatic N) is 4. The number of fused-ring (bicyclic) bond motifs is 4.